The van der Waals surface area contributed by atoms with E-state index >= 15 is 0 Å². The average molecular weight is 182 g/mol. The van der Waals surface area contributed by atoms with Crippen molar-refractivity contribution in [3.8, 4) is 0 Å². The van der Waals surface area contributed by atoms with E-state index in [4.69, 9.17) is 0 Å². The Bertz CT molecular complexity index is 298. The third kappa shape index (κ3) is 1.07. The summed E-state index contributed by atoms with van der Waals surface area (Å²) in [6, 6.07) is 0. The first-order chi connectivity index (χ1) is 6.25. The van der Waals surface area contributed by atoms with Crippen LogP contribution in [0.4, 0.5) is 0 Å². The third-order valence-electron chi connectivity index (χ3n) is 2.74. The van der Waals surface area contributed by atoms with Gasteiger partial charge in [-0.2, -0.15) is 0 Å². The second kappa shape index (κ2) is 2.92. The van der Waals surface area contributed by atoms with Gasteiger partial charge < -0.3 is 10.4 Å². The van der Waals surface area contributed by atoms with Crippen LogP contribution in [0.1, 0.15) is 6.42 Å². The topological polar surface area (TPSA) is 78.8 Å². The lowest BCUT2D eigenvalue weighted by Gasteiger charge is -2.24. The van der Waals surface area contributed by atoms with E-state index in [1.165, 1.54) is 0 Å². The summed E-state index contributed by atoms with van der Waals surface area (Å²) in [5.41, 5.74) is -0.265. The maximum Gasteiger partial charge on any atom is 0.192 e. The molecule has 0 bridgehead atoms. The molecule has 1 aliphatic heterocycles. The molecule has 1 aliphatic carbocycles. The molecule has 13 heavy (non-hydrogen) atoms. The molecule has 0 aromatic rings. The van der Waals surface area contributed by atoms with Gasteiger partial charge in [0.2, 0.25) is 0 Å². The van der Waals surface area contributed by atoms with Crippen molar-refractivity contribution >= 4 is 5.78 Å². The molecule has 0 saturated carbocycles. The predicted octanol–water partition coefficient (Wildman–Crippen LogP) is 0.331. The number of Topliss-reactive ketones (excluding diaryl/α,β-unsaturated/α-hetero) is 1. The number of nitrogens with one attached hydrogen (secondary N) is 1. The zero-order valence-corrected chi connectivity index (χ0v) is 6.99. The van der Waals surface area contributed by atoms with Crippen molar-refractivity contribution in [1.82, 2.24) is 5.32 Å². The van der Waals surface area contributed by atoms with Crippen molar-refractivity contribution in [3.05, 3.63) is 16.4 Å². The van der Waals surface area contributed by atoms with Gasteiger partial charge in [-0.3, -0.25) is 4.79 Å². The molecule has 2 N–H and O–H groups in total. The molecule has 1 saturated heterocycles. The van der Waals surface area contributed by atoms with Crippen molar-refractivity contribution in [3.63, 3.8) is 0 Å². The van der Waals surface area contributed by atoms with Crippen LogP contribution in [0.15, 0.2) is 16.6 Å². The highest BCUT2D eigenvalue weighted by atomic mass is 16.3. The molecule has 0 amide bonds. The Labute approximate surface area is 74.8 Å². The molecule has 0 spiro atoms. The first kappa shape index (κ1) is 8.37. The quantitative estimate of drug-likeness (QED) is 0.573. The van der Waals surface area contributed by atoms with Crippen LogP contribution in [0.3, 0.4) is 0 Å². The van der Waals surface area contributed by atoms with E-state index in [1.807, 2.05) is 0 Å². The van der Waals surface area contributed by atoms with E-state index in [-0.39, 0.29) is 29.1 Å². The summed E-state index contributed by atoms with van der Waals surface area (Å²) in [6.07, 6.45) is 0.673. The monoisotopic (exact) mass is 182 g/mol. The second-order valence-corrected chi connectivity index (χ2v) is 3.40. The van der Waals surface area contributed by atoms with E-state index in [2.05, 4.69) is 10.5 Å². The van der Waals surface area contributed by atoms with Gasteiger partial charge in [0.15, 0.2) is 11.5 Å². The van der Waals surface area contributed by atoms with Gasteiger partial charge in [-0.25, -0.2) is 0 Å². The highest BCUT2D eigenvalue weighted by Crippen LogP contribution is 2.36. The Balaban J connectivity index is 2.33. The van der Waals surface area contributed by atoms with Crippen LogP contribution in [0.2, 0.25) is 0 Å². The van der Waals surface area contributed by atoms with Gasteiger partial charge >= 0.3 is 0 Å². The summed E-state index contributed by atoms with van der Waals surface area (Å²) in [4.78, 5) is 21.7. The number of aliphatic hydroxyl groups is 1. The maximum atomic E-state index is 11.4. The number of piperidine rings is 1. The Morgan fingerprint density at radius 3 is 2.85 bits per heavy atom. The largest absolute Gasteiger partial charge is 0.509 e. The van der Waals surface area contributed by atoms with Gasteiger partial charge in [-0.05, 0) is 18.1 Å². The lowest BCUT2D eigenvalue weighted by Crippen LogP contribution is -2.37. The summed E-state index contributed by atoms with van der Waals surface area (Å²) in [7, 11) is 0. The van der Waals surface area contributed by atoms with Gasteiger partial charge in [0.05, 0.1) is 0 Å². The first-order valence-corrected chi connectivity index (χ1v) is 4.27. The lowest BCUT2D eigenvalue weighted by atomic mass is 9.88. The molecular formula is C8H10N2O3. The molecular weight excluding hydrogens is 172 g/mol. The van der Waals surface area contributed by atoms with E-state index in [9.17, 15) is 14.8 Å². The van der Waals surface area contributed by atoms with Crippen LogP contribution in [0.5, 0.6) is 0 Å². The van der Waals surface area contributed by atoms with Gasteiger partial charge in [-0.15, -0.1) is 4.91 Å². The molecule has 5 heteroatoms. The number of rotatable bonds is 1. The molecule has 1 heterocycles. The van der Waals surface area contributed by atoms with Crippen LogP contribution in [-0.4, -0.2) is 24.0 Å². The highest BCUT2D eigenvalue weighted by Gasteiger charge is 2.44. The molecule has 2 aliphatic rings. The second-order valence-electron chi connectivity index (χ2n) is 3.40. The summed E-state index contributed by atoms with van der Waals surface area (Å²) >= 11 is 0. The summed E-state index contributed by atoms with van der Waals surface area (Å²) in [6.45, 7) is 1.31. The summed E-state index contributed by atoms with van der Waals surface area (Å²) in [5, 5.41) is 15.1. The molecule has 70 valence electrons. The minimum absolute atomic E-state index is 0.128. The zero-order valence-electron chi connectivity index (χ0n) is 6.99. The van der Waals surface area contributed by atoms with E-state index in [0.717, 1.165) is 6.54 Å². The van der Waals surface area contributed by atoms with Crippen LogP contribution >= 0.6 is 0 Å². The zero-order chi connectivity index (χ0) is 9.42. The number of hydrogen-bond donors (Lipinski definition) is 2. The molecule has 5 nitrogen and oxygen atoms in total. The molecule has 0 radical (unpaired) electrons. The fourth-order valence-corrected chi connectivity index (χ4v) is 2.03. The third-order valence-corrected chi connectivity index (χ3v) is 2.74. The first-order valence-electron chi connectivity index (χ1n) is 4.27. The van der Waals surface area contributed by atoms with Crippen molar-refractivity contribution in [2.45, 2.75) is 6.42 Å². The number of nitroso groups, excluding NO2 is 1. The van der Waals surface area contributed by atoms with Gasteiger partial charge in [0, 0.05) is 18.4 Å². The molecule has 2 atom stereocenters. The molecule has 0 aromatic carbocycles. The number of ketones is 1. The number of allylic oxidation sites excluding steroid dienone is 1. The fourth-order valence-electron chi connectivity index (χ4n) is 2.03. The standard InChI is InChI=1S/C8H10N2O3/c11-7-4-1-2-9-3-5(4)8(12)6(7)10-13/h4-5,9,12H,1-3H2. The van der Waals surface area contributed by atoms with E-state index in [0.29, 0.717) is 13.0 Å². The van der Waals surface area contributed by atoms with Crippen LogP contribution < -0.4 is 5.32 Å². The minimum Gasteiger partial charge on any atom is -0.509 e. The number of aliphatic hydroxyl groups excluding tert-OH is 1. The Hall–Kier alpha value is -1.23. The average Bonchev–Trinajstić information content (AvgIpc) is 2.41. The Morgan fingerprint density at radius 1 is 1.46 bits per heavy atom. The smallest absolute Gasteiger partial charge is 0.192 e. The Kier molecular flexibility index (Phi) is 1.88. The lowest BCUT2D eigenvalue weighted by molar-refractivity contribution is -0.119. The number of carbonyl (C=O) groups is 1. The fraction of sp³-hybridized carbons (Fsp3) is 0.625. The highest BCUT2D eigenvalue weighted by molar-refractivity contribution is 6.00. The Morgan fingerprint density at radius 2 is 2.23 bits per heavy atom. The van der Waals surface area contributed by atoms with E-state index < -0.39 is 0 Å². The number of nitrogens with zero attached hydrogens (tertiary/aromatic N) is 1. The molecule has 2 rings (SSSR count). The summed E-state index contributed by atoms with van der Waals surface area (Å²) in [5.74, 6) is -0.876. The maximum absolute atomic E-state index is 11.4. The minimum atomic E-state index is -0.293. The van der Waals surface area contributed by atoms with Crippen molar-refractivity contribution in [2.24, 2.45) is 17.0 Å². The van der Waals surface area contributed by atoms with Crippen molar-refractivity contribution < 1.29 is 9.90 Å². The van der Waals surface area contributed by atoms with Crippen LogP contribution in [-0.2, 0) is 4.79 Å². The molecule has 1 fully saturated rings. The van der Waals surface area contributed by atoms with E-state index in [1.54, 1.807) is 0 Å². The normalized spacial score (nSPS) is 33.4. The molecule has 2 unspecified atom stereocenters. The van der Waals surface area contributed by atoms with Crippen LogP contribution in [0, 0.1) is 16.7 Å². The predicted molar refractivity (Wildman–Crippen MR) is 44.9 cm³/mol. The number of fused-ring (bicyclic) bond motifs is 1. The SMILES string of the molecule is O=NC1=C(O)C2CNCCC2C1=O. The van der Waals surface area contributed by atoms with Crippen molar-refractivity contribution in [1.29, 1.82) is 0 Å². The number of hydrogen-bond acceptors (Lipinski definition) is 5. The van der Waals surface area contributed by atoms with Gasteiger partial charge in [0.1, 0.15) is 5.76 Å². The van der Waals surface area contributed by atoms with Crippen molar-refractivity contribution in [2.75, 3.05) is 13.1 Å². The number of carbonyl (C=O) groups excluding carboxylic acids is 1. The molecule has 0 aromatic heterocycles. The summed E-state index contributed by atoms with van der Waals surface area (Å²) < 4.78 is 0. The van der Waals surface area contributed by atoms with Crippen LogP contribution in [0.25, 0.3) is 0 Å². The van der Waals surface area contributed by atoms with Gasteiger partial charge in [-0.1, -0.05) is 0 Å². The van der Waals surface area contributed by atoms with Gasteiger partial charge in [0.25, 0.3) is 0 Å².